The Bertz CT molecular complexity index is 170. The summed E-state index contributed by atoms with van der Waals surface area (Å²) in [5.74, 6) is 0. The van der Waals surface area contributed by atoms with Crippen LogP contribution in [0.2, 0.25) is 6.32 Å². The summed E-state index contributed by atoms with van der Waals surface area (Å²) in [6.45, 7) is 5.37. The summed E-state index contributed by atoms with van der Waals surface area (Å²) >= 11 is 0. The molecule has 3 aliphatic rings. The average molecular weight is 192 g/mol. The van der Waals surface area contributed by atoms with Crippen LogP contribution in [0.15, 0.2) is 0 Å². The summed E-state index contributed by atoms with van der Waals surface area (Å²) in [7, 11) is 0. The van der Waals surface area contributed by atoms with Crippen molar-refractivity contribution in [3.05, 3.63) is 0 Å². The maximum atomic E-state index is 5.69. The quantitative estimate of drug-likeness (QED) is 0.526. The van der Waals surface area contributed by atoms with Gasteiger partial charge in [-0.1, -0.05) is 33.0 Å². The van der Waals surface area contributed by atoms with E-state index in [9.17, 15) is 0 Å². The number of unbranched alkanes of at least 4 members (excludes halogenated alkanes) is 1. The van der Waals surface area contributed by atoms with Crippen LogP contribution in [-0.4, -0.2) is 26.6 Å². The van der Waals surface area contributed by atoms with Crippen LogP contribution in [0.1, 0.15) is 26.7 Å². The molecule has 3 aliphatic heterocycles. The molecule has 0 aromatic carbocycles. The number of hydrogen-bond acceptors (Lipinski definition) is 3. The minimum atomic E-state index is -1.35. The molecule has 0 aliphatic carbocycles. The van der Waals surface area contributed by atoms with E-state index in [-0.39, 0.29) is 24.3 Å². The van der Waals surface area contributed by atoms with Gasteiger partial charge in [-0.3, -0.25) is 0 Å². The van der Waals surface area contributed by atoms with Gasteiger partial charge in [-0.15, -0.1) is 0 Å². The van der Waals surface area contributed by atoms with Gasteiger partial charge in [0.25, 0.3) is 0 Å². The van der Waals surface area contributed by atoms with Crippen molar-refractivity contribution in [3.63, 3.8) is 0 Å². The molecule has 76 valence electrons. The number of hydrogen-bond donors (Lipinski definition) is 0. The van der Waals surface area contributed by atoms with E-state index < -0.39 is 6.75 Å². The molecule has 0 radical (unpaired) electrons. The van der Waals surface area contributed by atoms with Gasteiger partial charge in [0.2, 0.25) is 0 Å². The maximum Gasteiger partial charge on any atom is 1.00 e. The Kier molecular flexibility index (Phi) is 4.14. The molecule has 3 nitrogen and oxygen atoms in total. The van der Waals surface area contributed by atoms with Gasteiger partial charge in [0.1, 0.15) is 0 Å². The fraction of sp³-hybridized carbons (Fsp3) is 1.00. The molecule has 0 unspecified atom stereocenters. The summed E-state index contributed by atoms with van der Waals surface area (Å²) in [5, 5.41) is 0. The van der Waals surface area contributed by atoms with Gasteiger partial charge in [-0.25, -0.2) is 0 Å². The van der Waals surface area contributed by atoms with Crippen LogP contribution < -0.4 is 18.9 Å². The predicted octanol–water partition coefficient (Wildman–Crippen LogP) is -1.19. The fourth-order valence-electron chi connectivity index (χ4n) is 1.96. The average Bonchev–Trinajstić information content (AvgIpc) is 2.18. The first-order chi connectivity index (χ1) is 6.18. The van der Waals surface area contributed by atoms with Gasteiger partial charge in [0.15, 0.2) is 0 Å². The zero-order valence-electron chi connectivity index (χ0n) is 9.54. The number of rotatable bonds is 3. The molecule has 0 N–H and O–H groups in total. The van der Waals surface area contributed by atoms with Crippen molar-refractivity contribution in [2.24, 2.45) is 5.41 Å². The Labute approximate surface area is 98.0 Å². The third-order valence-corrected chi connectivity index (χ3v) is 2.97. The Hall–Kier alpha value is 0.542. The third kappa shape index (κ3) is 2.37. The molecule has 14 heavy (non-hydrogen) atoms. The SMILES string of the molecule is CCCC[B-]12OCC(C)(CO1)CO2.[Li+]. The van der Waals surface area contributed by atoms with Crippen LogP contribution in [-0.2, 0) is 14.0 Å². The summed E-state index contributed by atoms with van der Waals surface area (Å²) in [5.41, 5.74) is 0.107. The second-order valence-electron chi connectivity index (χ2n) is 4.67. The normalized spacial score (nSPS) is 40.7. The van der Waals surface area contributed by atoms with Crippen molar-refractivity contribution in [1.82, 2.24) is 0 Å². The van der Waals surface area contributed by atoms with E-state index in [2.05, 4.69) is 13.8 Å². The van der Waals surface area contributed by atoms with Crippen LogP contribution in [0.25, 0.3) is 0 Å². The zero-order chi connectivity index (χ0) is 9.36. The Morgan fingerprint density at radius 2 is 1.64 bits per heavy atom. The molecule has 0 aromatic rings. The molecule has 0 amide bonds. The molecular formula is C9H18BLiO3. The van der Waals surface area contributed by atoms with E-state index >= 15 is 0 Å². The molecule has 3 heterocycles. The van der Waals surface area contributed by atoms with Crippen molar-refractivity contribution in [2.75, 3.05) is 19.8 Å². The minimum Gasteiger partial charge on any atom is -0.544 e. The smallest absolute Gasteiger partial charge is 0.544 e. The molecule has 0 saturated carbocycles. The first kappa shape index (κ1) is 12.6. The van der Waals surface area contributed by atoms with E-state index in [0.717, 1.165) is 39.0 Å². The largest absolute Gasteiger partial charge is 1.00 e. The Morgan fingerprint density at radius 3 is 2.07 bits per heavy atom. The predicted molar refractivity (Wildman–Crippen MR) is 51.4 cm³/mol. The van der Waals surface area contributed by atoms with Gasteiger partial charge in [-0.05, 0) is 0 Å². The molecule has 3 rings (SSSR count). The maximum absolute atomic E-state index is 5.69. The van der Waals surface area contributed by atoms with Crippen molar-refractivity contribution < 1.29 is 32.8 Å². The molecule has 3 fully saturated rings. The van der Waals surface area contributed by atoms with Gasteiger partial charge < -0.3 is 14.0 Å². The molecule has 5 heteroatoms. The third-order valence-electron chi connectivity index (χ3n) is 2.97. The van der Waals surface area contributed by atoms with E-state index in [4.69, 9.17) is 14.0 Å². The molecule has 0 spiro atoms. The van der Waals surface area contributed by atoms with Crippen LogP contribution in [0.3, 0.4) is 0 Å². The second-order valence-corrected chi connectivity index (χ2v) is 4.67. The summed E-state index contributed by atoms with van der Waals surface area (Å²) in [6.07, 6.45) is 3.21. The molecule has 3 saturated heterocycles. The minimum absolute atomic E-state index is 0. The first-order valence-electron chi connectivity index (χ1n) is 5.25. The van der Waals surface area contributed by atoms with E-state index in [1.807, 2.05) is 0 Å². The van der Waals surface area contributed by atoms with Gasteiger partial charge in [0, 0.05) is 25.2 Å². The van der Waals surface area contributed by atoms with Gasteiger partial charge >= 0.3 is 25.6 Å². The first-order valence-corrected chi connectivity index (χ1v) is 5.25. The van der Waals surface area contributed by atoms with Crippen LogP contribution in [0.5, 0.6) is 0 Å². The molecular weight excluding hydrogens is 174 g/mol. The van der Waals surface area contributed by atoms with Crippen molar-refractivity contribution in [3.8, 4) is 0 Å². The summed E-state index contributed by atoms with van der Waals surface area (Å²) in [4.78, 5) is 0. The fourth-order valence-corrected chi connectivity index (χ4v) is 1.96. The summed E-state index contributed by atoms with van der Waals surface area (Å²) < 4.78 is 17.1. The number of fused-ring (bicyclic) bond motifs is 3. The van der Waals surface area contributed by atoms with E-state index in [1.165, 1.54) is 0 Å². The standard InChI is InChI=1S/C9H18BO3.Li/c1-3-4-5-10-11-6-9(2,7-12-10)8-13-10;/h3-8H2,1-2H3;/q-1;+1. The van der Waals surface area contributed by atoms with Crippen molar-refractivity contribution in [2.45, 2.75) is 33.0 Å². The van der Waals surface area contributed by atoms with Crippen molar-refractivity contribution >= 4 is 6.75 Å². The molecule has 0 aromatic heterocycles. The zero-order valence-corrected chi connectivity index (χ0v) is 9.54. The van der Waals surface area contributed by atoms with Gasteiger partial charge in [-0.2, -0.15) is 0 Å². The summed E-state index contributed by atoms with van der Waals surface area (Å²) in [6, 6.07) is 0. The van der Waals surface area contributed by atoms with Crippen LogP contribution in [0.4, 0.5) is 0 Å². The topological polar surface area (TPSA) is 27.7 Å². The Morgan fingerprint density at radius 1 is 1.14 bits per heavy atom. The van der Waals surface area contributed by atoms with E-state index in [0.29, 0.717) is 0 Å². The van der Waals surface area contributed by atoms with Crippen LogP contribution >= 0.6 is 0 Å². The van der Waals surface area contributed by atoms with Crippen molar-refractivity contribution in [1.29, 1.82) is 0 Å². The molecule has 2 bridgehead atoms. The monoisotopic (exact) mass is 192 g/mol. The van der Waals surface area contributed by atoms with Crippen LogP contribution in [0, 0.1) is 5.41 Å². The molecule has 0 atom stereocenters. The Balaban J connectivity index is 0.000000980. The second kappa shape index (κ2) is 4.59. The van der Waals surface area contributed by atoms with E-state index in [1.54, 1.807) is 0 Å². The van der Waals surface area contributed by atoms with Gasteiger partial charge in [0.05, 0.1) is 0 Å².